The molecule has 0 bridgehead atoms. The summed E-state index contributed by atoms with van der Waals surface area (Å²) in [5.41, 5.74) is 1.05. The number of carbonyl (C=O) groups excluding carboxylic acids is 1. The molecule has 29 heavy (non-hydrogen) atoms. The minimum Gasteiger partial charge on any atom is -0.406 e. The molecule has 2 aromatic heterocycles. The van der Waals surface area contributed by atoms with Crippen LogP contribution in [0.25, 0.3) is 10.6 Å². The summed E-state index contributed by atoms with van der Waals surface area (Å²) < 4.78 is 41.0. The van der Waals surface area contributed by atoms with Crippen molar-refractivity contribution >= 4 is 23.1 Å². The SMILES string of the molecule is O=C(NC1CCN(c2cc(-c3cccs3)[nH]n2)C1)c1cccc(OC(F)(F)F)c1. The molecule has 3 heterocycles. The predicted molar refractivity (Wildman–Crippen MR) is 103 cm³/mol. The van der Waals surface area contributed by atoms with E-state index in [2.05, 4.69) is 25.2 Å². The maximum Gasteiger partial charge on any atom is 0.573 e. The fourth-order valence-corrected chi connectivity index (χ4v) is 3.91. The van der Waals surface area contributed by atoms with Gasteiger partial charge >= 0.3 is 6.36 Å². The van der Waals surface area contributed by atoms with Crippen molar-refractivity contribution in [2.24, 2.45) is 0 Å². The third kappa shape index (κ3) is 4.70. The Labute approximate surface area is 168 Å². The molecule has 1 unspecified atom stereocenters. The fraction of sp³-hybridized carbons (Fsp3) is 0.263. The molecule has 0 aliphatic carbocycles. The fourth-order valence-electron chi connectivity index (χ4n) is 3.22. The van der Waals surface area contributed by atoms with E-state index < -0.39 is 18.0 Å². The molecule has 1 atom stereocenters. The third-order valence-corrected chi connectivity index (χ3v) is 5.43. The van der Waals surface area contributed by atoms with Crippen molar-refractivity contribution in [3.63, 3.8) is 0 Å². The van der Waals surface area contributed by atoms with Gasteiger partial charge < -0.3 is 15.0 Å². The quantitative estimate of drug-likeness (QED) is 0.651. The number of carbonyl (C=O) groups is 1. The topological polar surface area (TPSA) is 70.2 Å². The van der Waals surface area contributed by atoms with Crippen LogP contribution < -0.4 is 15.0 Å². The number of thiophene rings is 1. The van der Waals surface area contributed by atoms with Gasteiger partial charge in [-0.1, -0.05) is 12.1 Å². The van der Waals surface area contributed by atoms with Crippen LogP contribution in [0.3, 0.4) is 0 Å². The molecule has 1 fully saturated rings. The van der Waals surface area contributed by atoms with Gasteiger partial charge in [0.05, 0.1) is 10.6 Å². The first-order chi connectivity index (χ1) is 13.9. The van der Waals surface area contributed by atoms with Crippen molar-refractivity contribution in [2.45, 2.75) is 18.8 Å². The molecule has 1 aliphatic heterocycles. The summed E-state index contributed by atoms with van der Waals surface area (Å²) in [6.07, 6.45) is -4.09. The van der Waals surface area contributed by atoms with Crippen LogP contribution in [-0.4, -0.2) is 41.6 Å². The van der Waals surface area contributed by atoms with Gasteiger partial charge in [0.2, 0.25) is 0 Å². The Morgan fingerprint density at radius 3 is 2.90 bits per heavy atom. The van der Waals surface area contributed by atoms with Crippen LogP contribution in [0.2, 0.25) is 0 Å². The molecular formula is C19H17F3N4O2S. The maximum absolute atomic E-state index is 12.4. The van der Waals surface area contributed by atoms with Gasteiger partial charge in [-0.15, -0.1) is 24.5 Å². The van der Waals surface area contributed by atoms with Gasteiger partial charge in [0.15, 0.2) is 5.82 Å². The number of ether oxygens (including phenoxy) is 1. The van der Waals surface area contributed by atoms with Crippen LogP contribution in [0.1, 0.15) is 16.8 Å². The first kappa shape index (κ1) is 19.3. The number of alkyl halides is 3. The van der Waals surface area contributed by atoms with E-state index in [4.69, 9.17) is 0 Å². The first-order valence-corrected chi connectivity index (χ1v) is 9.76. The minimum atomic E-state index is -4.80. The number of nitrogens with zero attached hydrogens (tertiary/aromatic N) is 2. The lowest BCUT2D eigenvalue weighted by atomic mass is 10.1. The molecule has 10 heteroatoms. The lowest BCUT2D eigenvalue weighted by Crippen LogP contribution is -2.37. The van der Waals surface area contributed by atoms with E-state index in [9.17, 15) is 18.0 Å². The van der Waals surface area contributed by atoms with Crippen molar-refractivity contribution < 1.29 is 22.7 Å². The van der Waals surface area contributed by atoms with Crippen molar-refractivity contribution in [1.82, 2.24) is 15.5 Å². The molecule has 2 N–H and O–H groups in total. The van der Waals surface area contributed by atoms with E-state index in [0.29, 0.717) is 13.0 Å². The second kappa shape index (κ2) is 7.78. The highest BCUT2D eigenvalue weighted by molar-refractivity contribution is 7.13. The zero-order valence-electron chi connectivity index (χ0n) is 15.1. The number of H-pyrrole nitrogens is 1. The predicted octanol–water partition coefficient (Wildman–Crippen LogP) is 4.05. The number of halogens is 3. The van der Waals surface area contributed by atoms with Gasteiger partial charge in [-0.25, -0.2) is 0 Å². The van der Waals surface area contributed by atoms with Crippen LogP contribution in [-0.2, 0) is 0 Å². The van der Waals surface area contributed by atoms with Crippen LogP contribution in [0.15, 0.2) is 47.8 Å². The molecule has 0 radical (unpaired) electrons. The lowest BCUT2D eigenvalue weighted by molar-refractivity contribution is -0.274. The highest BCUT2D eigenvalue weighted by atomic mass is 32.1. The van der Waals surface area contributed by atoms with E-state index in [1.807, 2.05) is 23.6 Å². The van der Waals surface area contributed by atoms with E-state index in [0.717, 1.165) is 35.1 Å². The summed E-state index contributed by atoms with van der Waals surface area (Å²) in [6, 6.07) is 10.9. The summed E-state index contributed by atoms with van der Waals surface area (Å²) in [5, 5.41) is 12.2. The Bertz CT molecular complexity index is 988. The normalized spacial score (nSPS) is 16.8. The van der Waals surface area contributed by atoms with E-state index in [-0.39, 0.29) is 11.6 Å². The van der Waals surface area contributed by atoms with Gasteiger partial charge in [-0.2, -0.15) is 5.10 Å². The molecule has 1 saturated heterocycles. The third-order valence-electron chi connectivity index (χ3n) is 4.53. The van der Waals surface area contributed by atoms with Gasteiger partial charge in [0.1, 0.15) is 5.75 Å². The summed E-state index contributed by atoms with van der Waals surface area (Å²) in [6.45, 7) is 1.29. The molecule has 4 rings (SSSR count). The van der Waals surface area contributed by atoms with Crippen LogP contribution in [0, 0.1) is 0 Å². The molecule has 6 nitrogen and oxygen atoms in total. The van der Waals surface area contributed by atoms with Gasteiger partial charge in [-0.3, -0.25) is 9.89 Å². The minimum absolute atomic E-state index is 0.116. The number of benzene rings is 1. The largest absolute Gasteiger partial charge is 0.573 e. The zero-order valence-corrected chi connectivity index (χ0v) is 15.9. The molecule has 3 aromatic rings. The number of aromatic nitrogens is 2. The monoisotopic (exact) mass is 422 g/mol. The Morgan fingerprint density at radius 2 is 2.14 bits per heavy atom. The number of nitrogens with one attached hydrogen (secondary N) is 2. The number of amides is 1. The van der Waals surface area contributed by atoms with Crippen molar-refractivity contribution in [2.75, 3.05) is 18.0 Å². The zero-order chi connectivity index (χ0) is 20.4. The maximum atomic E-state index is 12.4. The molecule has 1 aliphatic rings. The summed E-state index contributed by atoms with van der Waals surface area (Å²) >= 11 is 1.62. The summed E-state index contributed by atoms with van der Waals surface area (Å²) in [4.78, 5) is 15.6. The highest BCUT2D eigenvalue weighted by Crippen LogP contribution is 2.28. The van der Waals surface area contributed by atoms with Crippen molar-refractivity contribution in [1.29, 1.82) is 0 Å². The van der Waals surface area contributed by atoms with Gasteiger partial charge in [0, 0.05) is 30.8 Å². The Balaban J connectivity index is 1.37. The Hall–Kier alpha value is -3.01. The Morgan fingerprint density at radius 1 is 1.28 bits per heavy atom. The molecule has 0 spiro atoms. The number of anilines is 1. The molecule has 0 saturated carbocycles. The smallest absolute Gasteiger partial charge is 0.406 e. The van der Waals surface area contributed by atoms with Crippen LogP contribution in [0.4, 0.5) is 19.0 Å². The average Bonchev–Trinajstić information content (AvgIpc) is 3.41. The van der Waals surface area contributed by atoms with Crippen LogP contribution >= 0.6 is 11.3 Å². The second-order valence-electron chi connectivity index (χ2n) is 6.60. The average molecular weight is 422 g/mol. The van der Waals surface area contributed by atoms with Crippen molar-refractivity contribution in [3.05, 3.63) is 53.4 Å². The molecular weight excluding hydrogens is 405 g/mol. The van der Waals surface area contributed by atoms with E-state index >= 15 is 0 Å². The van der Waals surface area contributed by atoms with Crippen LogP contribution in [0.5, 0.6) is 5.75 Å². The molecule has 152 valence electrons. The molecule has 1 amide bonds. The molecule has 1 aromatic carbocycles. The summed E-state index contributed by atoms with van der Waals surface area (Å²) in [7, 11) is 0. The van der Waals surface area contributed by atoms with Gasteiger partial charge in [0.25, 0.3) is 5.91 Å². The van der Waals surface area contributed by atoms with Crippen molar-refractivity contribution in [3.8, 4) is 16.3 Å². The number of hydrogen-bond acceptors (Lipinski definition) is 5. The number of aromatic amines is 1. The lowest BCUT2D eigenvalue weighted by Gasteiger charge is -2.16. The van der Waals surface area contributed by atoms with Gasteiger partial charge in [-0.05, 0) is 36.1 Å². The second-order valence-corrected chi connectivity index (χ2v) is 7.55. The highest BCUT2D eigenvalue weighted by Gasteiger charge is 2.31. The number of hydrogen-bond donors (Lipinski definition) is 2. The summed E-state index contributed by atoms with van der Waals surface area (Å²) in [5.74, 6) is -0.0627. The van der Waals surface area contributed by atoms with E-state index in [1.165, 1.54) is 12.1 Å². The first-order valence-electron chi connectivity index (χ1n) is 8.88. The standard InChI is InChI=1S/C19H17F3N4O2S/c20-19(21,22)28-14-4-1-3-12(9-14)18(27)23-13-6-7-26(11-13)17-10-15(24-25-17)16-5-2-8-29-16/h1-5,8-10,13H,6-7,11H2,(H,23,27)(H,24,25). The van der Waals surface area contributed by atoms with E-state index in [1.54, 1.807) is 11.3 Å². The number of rotatable bonds is 5. The Kier molecular flexibility index (Phi) is 5.18.